The highest BCUT2D eigenvalue weighted by Crippen LogP contribution is 2.24. The Bertz CT molecular complexity index is 406. The van der Waals surface area contributed by atoms with Gasteiger partial charge in [0.05, 0.1) is 0 Å². The molecule has 0 saturated carbocycles. The van der Waals surface area contributed by atoms with Crippen LogP contribution in [0, 0.1) is 5.82 Å². The molecular formula is C13H16ClF4N. The highest BCUT2D eigenvalue weighted by atomic mass is 35.5. The van der Waals surface area contributed by atoms with Crippen molar-refractivity contribution in [2.45, 2.75) is 38.4 Å². The summed E-state index contributed by atoms with van der Waals surface area (Å²) in [5.41, 5.74) is 0.373. The fraction of sp³-hybridized carbons (Fsp3) is 0.538. The molecule has 0 radical (unpaired) electrons. The summed E-state index contributed by atoms with van der Waals surface area (Å²) in [5.74, 6) is -0.484. The zero-order valence-electron chi connectivity index (χ0n) is 10.5. The number of likely N-dealkylation sites (N-methyl/N-ethyl adjacent to an activating group) is 1. The van der Waals surface area contributed by atoms with Gasteiger partial charge in [0.1, 0.15) is 5.82 Å². The van der Waals surface area contributed by atoms with Crippen LogP contribution in [0.2, 0.25) is 5.02 Å². The van der Waals surface area contributed by atoms with Crippen LogP contribution < -0.4 is 5.32 Å². The molecule has 1 unspecified atom stereocenters. The van der Waals surface area contributed by atoms with Crippen LogP contribution in [0.4, 0.5) is 17.6 Å². The lowest BCUT2D eigenvalue weighted by Crippen LogP contribution is -2.32. The normalized spacial score (nSPS) is 13.6. The summed E-state index contributed by atoms with van der Waals surface area (Å²) in [5, 5.41) is 3.22. The Labute approximate surface area is 115 Å². The molecule has 19 heavy (non-hydrogen) atoms. The molecule has 0 saturated heterocycles. The molecule has 0 spiro atoms. The Morgan fingerprint density at radius 2 is 2.00 bits per heavy atom. The van der Waals surface area contributed by atoms with Gasteiger partial charge in [-0.05, 0) is 37.1 Å². The molecule has 1 aromatic carbocycles. The van der Waals surface area contributed by atoms with Crippen molar-refractivity contribution in [2.24, 2.45) is 0 Å². The van der Waals surface area contributed by atoms with Gasteiger partial charge >= 0.3 is 6.18 Å². The standard InChI is InChI=1S/C13H16ClF4N/c1-2-19-11(5-6-13(16,17)18)7-9-3-4-10(14)8-12(9)15/h3-4,8,11,19H,2,5-7H2,1H3. The zero-order chi connectivity index (χ0) is 14.5. The van der Waals surface area contributed by atoms with Gasteiger partial charge < -0.3 is 5.32 Å². The first-order valence-corrected chi connectivity index (χ1v) is 6.43. The molecule has 0 fully saturated rings. The summed E-state index contributed by atoms with van der Waals surface area (Å²) >= 11 is 5.63. The van der Waals surface area contributed by atoms with Gasteiger partial charge in [0.25, 0.3) is 0 Å². The summed E-state index contributed by atoms with van der Waals surface area (Å²) in [4.78, 5) is 0. The van der Waals surface area contributed by atoms with Gasteiger partial charge in [0.2, 0.25) is 0 Å². The number of hydrogen-bond acceptors (Lipinski definition) is 1. The third-order valence-electron chi connectivity index (χ3n) is 2.75. The van der Waals surface area contributed by atoms with E-state index in [4.69, 9.17) is 11.6 Å². The summed E-state index contributed by atoms with van der Waals surface area (Å²) in [6.45, 7) is 2.34. The number of nitrogens with one attached hydrogen (secondary N) is 1. The Morgan fingerprint density at radius 3 is 2.53 bits per heavy atom. The lowest BCUT2D eigenvalue weighted by atomic mass is 10.0. The van der Waals surface area contributed by atoms with Crippen LogP contribution in [-0.4, -0.2) is 18.8 Å². The van der Waals surface area contributed by atoms with E-state index >= 15 is 0 Å². The maximum Gasteiger partial charge on any atom is 0.389 e. The largest absolute Gasteiger partial charge is 0.389 e. The highest BCUT2D eigenvalue weighted by Gasteiger charge is 2.28. The van der Waals surface area contributed by atoms with Crippen molar-refractivity contribution >= 4 is 11.6 Å². The Morgan fingerprint density at radius 1 is 1.32 bits per heavy atom. The van der Waals surface area contributed by atoms with Gasteiger partial charge in [-0.3, -0.25) is 0 Å². The number of hydrogen-bond donors (Lipinski definition) is 1. The molecule has 1 nitrogen and oxygen atoms in total. The van der Waals surface area contributed by atoms with Crippen LogP contribution in [0.15, 0.2) is 18.2 Å². The Balaban J connectivity index is 2.67. The van der Waals surface area contributed by atoms with Crippen molar-refractivity contribution < 1.29 is 17.6 Å². The molecule has 0 amide bonds. The van der Waals surface area contributed by atoms with E-state index in [9.17, 15) is 17.6 Å². The minimum Gasteiger partial charge on any atom is -0.314 e. The molecule has 0 bridgehead atoms. The maximum absolute atomic E-state index is 13.6. The van der Waals surface area contributed by atoms with E-state index in [0.29, 0.717) is 12.1 Å². The van der Waals surface area contributed by atoms with E-state index in [1.807, 2.05) is 0 Å². The fourth-order valence-corrected chi connectivity index (χ4v) is 2.01. The van der Waals surface area contributed by atoms with E-state index in [2.05, 4.69) is 5.32 Å². The van der Waals surface area contributed by atoms with Crippen molar-refractivity contribution in [1.82, 2.24) is 5.32 Å². The van der Waals surface area contributed by atoms with E-state index < -0.39 is 24.5 Å². The highest BCUT2D eigenvalue weighted by molar-refractivity contribution is 6.30. The molecule has 0 aliphatic rings. The second-order valence-electron chi connectivity index (χ2n) is 4.35. The van der Waals surface area contributed by atoms with E-state index in [0.717, 1.165) is 0 Å². The first kappa shape index (κ1) is 16.2. The summed E-state index contributed by atoms with van der Waals surface area (Å²) in [7, 11) is 0. The van der Waals surface area contributed by atoms with Crippen LogP contribution in [0.25, 0.3) is 0 Å². The smallest absolute Gasteiger partial charge is 0.314 e. The van der Waals surface area contributed by atoms with Crippen LogP contribution >= 0.6 is 11.6 Å². The van der Waals surface area contributed by atoms with Gasteiger partial charge in [0, 0.05) is 17.5 Å². The quantitative estimate of drug-likeness (QED) is 0.770. The molecule has 1 atom stereocenters. The lowest BCUT2D eigenvalue weighted by Gasteiger charge is -2.19. The molecule has 0 aliphatic heterocycles. The van der Waals surface area contributed by atoms with Crippen LogP contribution in [0.3, 0.4) is 0 Å². The third-order valence-corrected chi connectivity index (χ3v) is 2.99. The van der Waals surface area contributed by atoms with E-state index in [1.54, 1.807) is 6.92 Å². The van der Waals surface area contributed by atoms with Crippen molar-refractivity contribution in [3.05, 3.63) is 34.6 Å². The summed E-state index contributed by atoms with van der Waals surface area (Å²) in [6.07, 6.45) is -4.92. The predicted octanol–water partition coefficient (Wildman–Crippen LogP) is 4.34. The van der Waals surface area contributed by atoms with Crippen LogP contribution in [0.1, 0.15) is 25.3 Å². The van der Waals surface area contributed by atoms with E-state index in [-0.39, 0.29) is 17.9 Å². The minimum atomic E-state index is -4.19. The molecular weight excluding hydrogens is 282 g/mol. The first-order chi connectivity index (χ1) is 8.81. The molecule has 6 heteroatoms. The Kier molecular flexibility index (Phi) is 6.07. The first-order valence-electron chi connectivity index (χ1n) is 6.06. The molecule has 1 rings (SSSR count). The Hall–Kier alpha value is -0.810. The average molecular weight is 298 g/mol. The average Bonchev–Trinajstić information content (AvgIpc) is 2.28. The predicted molar refractivity (Wildman–Crippen MR) is 67.9 cm³/mol. The van der Waals surface area contributed by atoms with Gasteiger partial charge in [-0.2, -0.15) is 13.2 Å². The molecule has 0 aromatic heterocycles. The van der Waals surface area contributed by atoms with Crippen molar-refractivity contribution in [3.63, 3.8) is 0 Å². The van der Waals surface area contributed by atoms with Crippen molar-refractivity contribution in [2.75, 3.05) is 6.54 Å². The topological polar surface area (TPSA) is 12.0 Å². The van der Waals surface area contributed by atoms with E-state index in [1.165, 1.54) is 18.2 Å². The van der Waals surface area contributed by atoms with Gasteiger partial charge in [-0.25, -0.2) is 4.39 Å². The summed E-state index contributed by atoms with van der Waals surface area (Å²) < 4.78 is 50.2. The van der Waals surface area contributed by atoms with Crippen LogP contribution in [-0.2, 0) is 6.42 Å². The molecule has 1 aromatic rings. The van der Waals surface area contributed by atoms with Gasteiger partial charge in [-0.15, -0.1) is 0 Å². The zero-order valence-corrected chi connectivity index (χ0v) is 11.3. The molecule has 0 heterocycles. The maximum atomic E-state index is 13.6. The minimum absolute atomic E-state index is 0.0700. The second kappa shape index (κ2) is 7.10. The lowest BCUT2D eigenvalue weighted by molar-refractivity contribution is -0.136. The van der Waals surface area contributed by atoms with Gasteiger partial charge in [0.15, 0.2) is 0 Å². The number of halogens is 5. The van der Waals surface area contributed by atoms with Crippen molar-refractivity contribution in [3.8, 4) is 0 Å². The number of alkyl halides is 3. The fourth-order valence-electron chi connectivity index (χ4n) is 1.86. The number of benzene rings is 1. The molecule has 108 valence electrons. The molecule has 1 N–H and O–H groups in total. The molecule has 0 aliphatic carbocycles. The SMILES string of the molecule is CCNC(CCC(F)(F)F)Cc1ccc(Cl)cc1F. The van der Waals surface area contributed by atoms with Crippen molar-refractivity contribution in [1.29, 1.82) is 0 Å². The monoisotopic (exact) mass is 297 g/mol. The van der Waals surface area contributed by atoms with Crippen LogP contribution in [0.5, 0.6) is 0 Å². The third kappa shape index (κ3) is 6.25. The number of rotatable bonds is 6. The second-order valence-corrected chi connectivity index (χ2v) is 4.78. The van der Waals surface area contributed by atoms with Gasteiger partial charge in [-0.1, -0.05) is 24.6 Å². The summed E-state index contributed by atoms with van der Waals surface area (Å²) in [6, 6.07) is 3.81.